The van der Waals surface area contributed by atoms with Gasteiger partial charge in [0.05, 0.1) is 9.16 Å². The largest absolute Gasteiger partial charge is 0.143 e. The first-order valence-electron chi connectivity index (χ1n) is 4.23. The molecule has 0 bridgehead atoms. The van der Waals surface area contributed by atoms with E-state index in [4.69, 9.17) is 11.6 Å². The van der Waals surface area contributed by atoms with Gasteiger partial charge >= 0.3 is 0 Å². The molecule has 0 nitrogen and oxygen atoms in total. The van der Waals surface area contributed by atoms with E-state index in [0.717, 1.165) is 4.34 Å². The molecule has 0 saturated carbocycles. The van der Waals surface area contributed by atoms with Crippen LogP contribution in [0.4, 0.5) is 0 Å². The molecule has 1 unspecified atom stereocenters. The van der Waals surface area contributed by atoms with Crippen molar-refractivity contribution in [2.75, 3.05) is 0 Å². The Balaban J connectivity index is 2.31. The molecule has 2 aromatic heterocycles. The zero-order valence-corrected chi connectivity index (χ0v) is 13.3. The fourth-order valence-corrected chi connectivity index (χ4v) is 4.75. The van der Waals surface area contributed by atoms with E-state index in [-0.39, 0.29) is 4.83 Å². The smallest absolute Gasteiger partial charge is 0.0931 e. The van der Waals surface area contributed by atoms with E-state index in [2.05, 4.69) is 50.9 Å². The van der Waals surface area contributed by atoms with Gasteiger partial charge in [0.25, 0.3) is 0 Å². The van der Waals surface area contributed by atoms with Crippen LogP contribution in [0, 0.1) is 6.92 Å². The van der Waals surface area contributed by atoms with Gasteiger partial charge in [-0.25, -0.2) is 0 Å². The molecule has 2 heterocycles. The Labute approximate surface area is 119 Å². The van der Waals surface area contributed by atoms with Gasteiger partial charge in [0, 0.05) is 19.1 Å². The monoisotopic (exact) mass is 384 g/mol. The average molecular weight is 387 g/mol. The molecule has 0 spiro atoms. The predicted molar refractivity (Wildman–Crippen MR) is 76.9 cm³/mol. The van der Waals surface area contributed by atoms with Crippen LogP contribution in [0.2, 0.25) is 4.34 Å². The minimum Gasteiger partial charge on any atom is -0.143 e. The maximum atomic E-state index is 5.92. The van der Waals surface area contributed by atoms with Gasteiger partial charge in [0.15, 0.2) is 0 Å². The first-order valence-corrected chi connectivity index (χ1v) is 7.95. The third kappa shape index (κ3) is 2.67. The van der Waals surface area contributed by atoms with Crippen molar-refractivity contribution in [1.29, 1.82) is 0 Å². The molecule has 1 atom stereocenters. The lowest BCUT2D eigenvalue weighted by Gasteiger charge is -2.03. The highest BCUT2D eigenvalue weighted by atomic mass is 79.9. The molecule has 5 heteroatoms. The third-order valence-corrected chi connectivity index (χ3v) is 7.06. The molecule has 0 radical (unpaired) electrons. The van der Waals surface area contributed by atoms with Crippen molar-refractivity contribution in [3.05, 3.63) is 41.6 Å². The summed E-state index contributed by atoms with van der Waals surface area (Å²) < 4.78 is 2.01. The number of alkyl halides is 1. The van der Waals surface area contributed by atoms with Gasteiger partial charge in [-0.1, -0.05) is 27.5 Å². The van der Waals surface area contributed by atoms with E-state index < -0.39 is 0 Å². The van der Waals surface area contributed by atoms with Gasteiger partial charge in [-0.05, 0) is 41.1 Å². The summed E-state index contributed by atoms with van der Waals surface area (Å²) in [7, 11) is 0. The number of hydrogen-bond donors (Lipinski definition) is 0. The Hall–Kier alpha value is 0.650. The van der Waals surface area contributed by atoms with Gasteiger partial charge in [-0.3, -0.25) is 0 Å². The number of hydrogen-bond acceptors (Lipinski definition) is 2. The van der Waals surface area contributed by atoms with Gasteiger partial charge in [-0.2, -0.15) is 0 Å². The second-order valence-electron chi connectivity index (χ2n) is 3.06. The van der Waals surface area contributed by atoms with Crippen molar-refractivity contribution in [3.63, 3.8) is 0 Å². The van der Waals surface area contributed by atoms with Crippen molar-refractivity contribution in [2.45, 2.75) is 11.8 Å². The Morgan fingerprint density at radius 1 is 1.27 bits per heavy atom. The summed E-state index contributed by atoms with van der Waals surface area (Å²) in [5.74, 6) is 0. The van der Waals surface area contributed by atoms with Crippen LogP contribution in [-0.2, 0) is 0 Å². The molecular weight excluding hydrogens is 380 g/mol. The molecule has 0 aliphatic heterocycles. The Morgan fingerprint density at radius 3 is 2.47 bits per heavy atom. The number of thiophene rings is 2. The van der Waals surface area contributed by atoms with Crippen molar-refractivity contribution in [1.82, 2.24) is 0 Å². The van der Waals surface area contributed by atoms with Gasteiger partial charge < -0.3 is 0 Å². The topological polar surface area (TPSA) is 0 Å². The van der Waals surface area contributed by atoms with Crippen molar-refractivity contribution in [2.24, 2.45) is 0 Å². The van der Waals surface area contributed by atoms with Crippen LogP contribution in [-0.4, -0.2) is 0 Å². The Morgan fingerprint density at radius 2 is 2.00 bits per heavy atom. The summed E-state index contributed by atoms with van der Waals surface area (Å²) in [6.45, 7) is 2.11. The quantitative estimate of drug-likeness (QED) is 0.554. The summed E-state index contributed by atoms with van der Waals surface area (Å²) >= 11 is 16.6. The van der Waals surface area contributed by atoms with E-state index in [1.807, 2.05) is 6.07 Å². The Bertz CT molecular complexity index is 456. The van der Waals surface area contributed by atoms with Crippen molar-refractivity contribution in [3.8, 4) is 0 Å². The second-order valence-corrected chi connectivity index (χ2v) is 7.86. The van der Waals surface area contributed by atoms with E-state index in [9.17, 15) is 0 Å². The molecule has 0 amide bonds. The predicted octanol–water partition coefficient (Wildman–Crippen LogP) is 6.02. The Kier molecular flexibility index (Phi) is 3.94. The first-order chi connectivity index (χ1) is 7.08. The minimum absolute atomic E-state index is 0.255. The van der Waals surface area contributed by atoms with Crippen LogP contribution in [0.15, 0.2) is 22.7 Å². The van der Waals surface area contributed by atoms with Crippen LogP contribution < -0.4 is 0 Å². The lowest BCUT2D eigenvalue weighted by Crippen LogP contribution is -1.83. The summed E-state index contributed by atoms with van der Waals surface area (Å²) in [4.78, 5) is 4.11. The van der Waals surface area contributed by atoms with E-state index >= 15 is 0 Å². The highest BCUT2D eigenvalue weighted by molar-refractivity contribution is 9.10. The van der Waals surface area contributed by atoms with E-state index in [0.29, 0.717) is 0 Å². The number of rotatable bonds is 2. The molecule has 0 fully saturated rings. The molecule has 0 N–H and O–H groups in total. The van der Waals surface area contributed by atoms with Gasteiger partial charge in [-0.15, -0.1) is 22.7 Å². The molecule has 80 valence electrons. The van der Waals surface area contributed by atoms with Gasteiger partial charge in [0.2, 0.25) is 0 Å². The van der Waals surface area contributed by atoms with Gasteiger partial charge in [0.1, 0.15) is 0 Å². The molecular formula is C10H7Br2ClS2. The zero-order valence-electron chi connectivity index (χ0n) is 7.76. The second kappa shape index (κ2) is 4.88. The normalized spacial score (nSPS) is 13.1. The molecule has 0 aromatic carbocycles. The van der Waals surface area contributed by atoms with Crippen LogP contribution in [0.25, 0.3) is 0 Å². The SMILES string of the molecule is Cc1sc(C(Br)c2ccc(Cl)s2)cc1Br. The van der Waals surface area contributed by atoms with Crippen LogP contribution in [0.5, 0.6) is 0 Å². The van der Waals surface area contributed by atoms with E-state index in [1.165, 1.54) is 19.1 Å². The summed E-state index contributed by atoms with van der Waals surface area (Å²) in [5, 5.41) is 0. The number of halogens is 3. The maximum absolute atomic E-state index is 5.92. The maximum Gasteiger partial charge on any atom is 0.0931 e. The molecule has 2 rings (SSSR count). The number of aryl methyl sites for hydroxylation is 1. The standard InChI is InChI=1S/C10H7Br2ClS2/c1-5-6(11)4-8(14-5)10(12)7-2-3-9(13)15-7/h2-4,10H,1H3. The molecule has 15 heavy (non-hydrogen) atoms. The van der Waals surface area contributed by atoms with Crippen LogP contribution in [0.3, 0.4) is 0 Å². The zero-order chi connectivity index (χ0) is 11.0. The van der Waals surface area contributed by atoms with Crippen LogP contribution >= 0.6 is 66.1 Å². The summed E-state index contributed by atoms with van der Waals surface area (Å²) in [5.41, 5.74) is 0. The first kappa shape index (κ1) is 12.1. The summed E-state index contributed by atoms with van der Waals surface area (Å²) in [6.07, 6.45) is 0. The fourth-order valence-electron chi connectivity index (χ4n) is 1.21. The average Bonchev–Trinajstić information content (AvgIpc) is 2.74. The highest BCUT2D eigenvalue weighted by Crippen LogP contribution is 2.41. The van der Waals surface area contributed by atoms with Crippen LogP contribution in [0.1, 0.15) is 19.5 Å². The lowest BCUT2D eigenvalue weighted by molar-refractivity contribution is 1.28. The fraction of sp³-hybridized carbons (Fsp3) is 0.200. The summed E-state index contributed by atoms with van der Waals surface area (Å²) in [6, 6.07) is 6.16. The minimum atomic E-state index is 0.255. The highest BCUT2D eigenvalue weighted by Gasteiger charge is 2.15. The van der Waals surface area contributed by atoms with Crippen molar-refractivity contribution < 1.29 is 0 Å². The molecule has 0 aliphatic rings. The van der Waals surface area contributed by atoms with E-state index in [1.54, 1.807) is 22.7 Å². The lowest BCUT2D eigenvalue weighted by atomic mass is 10.3. The van der Waals surface area contributed by atoms with Crippen molar-refractivity contribution >= 4 is 66.1 Å². The molecule has 2 aromatic rings. The molecule has 0 aliphatic carbocycles. The molecule has 0 saturated heterocycles. The third-order valence-electron chi connectivity index (χ3n) is 1.97.